The van der Waals surface area contributed by atoms with Crippen LogP contribution in [-0.4, -0.2) is 35.4 Å². The molecule has 1 amide bonds. The van der Waals surface area contributed by atoms with E-state index in [-0.39, 0.29) is 24.1 Å². The average molecular weight is 281 g/mol. The van der Waals surface area contributed by atoms with Crippen molar-refractivity contribution in [3.05, 3.63) is 22.8 Å². The molecule has 1 N–H and O–H groups in total. The van der Waals surface area contributed by atoms with Crippen LogP contribution in [0.15, 0.2) is 12.1 Å². The van der Waals surface area contributed by atoms with Crippen molar-refractivity contribution in [1.29, 1.82) is 5.26 Å². The Balaban J connectivity index is 2.98. The lowest BCUT2D eigenvalue weighted by Crippen LogP contribution is -2.35. The maximum Gasteiger partial charge on any atom is 0.274 e. The number of aromatic nitrogens is 1. The van der Waals surface area contributed by atoms with E-state index >= 15 is 0 Å². The SMILES string of the molecule is CCNc1ccc(Cl)c(C(=O)N(C)C(C)CC#N)n1. The van der Waals surface area contributed by atoms with Crippen molar-refractivity contribution >= 4 is 23.3 Å². The lowest BCUT2D eigenvalue weighted by atomic mass is 10.2. The molecule has 6 heteroatoms. The van der Waals surface area contributed by atoms with E-state index < -0.39 is 0 Å². The highest BCUT2D eigenvalue weighted by molar-refractivity contribution is 6.33. The first kappa shape index (κ1) is 15.3. The number of carbonyl (C=O) groups excluding carboxylic acids is 1. The van der Waals surface area contributed by atoms with Gasteiger partial charge in [0.05, 0.1) is 17.5 Å². The van der Waals surface area contributed by atoms with E-state index in [1.54, 1.807) is 19.2 Å². The summed E-state index contributed by atoms with van der Waals surface area (Å²) >= 11 is 6.01. The minimum atomic E-state index is -0.285. The number of amides is 1. The van der Waals surface area contributed by atoms with Gasteiger partial charge in [-0.2, -0.15) is 5.26 Å². The number of carbonyl (C=O) groups is 1. The molecule has 1 rings (SSSR count). The van der Waals surface area contributed by atoms with Crippen molar-refractivity contribution < 1.29 is 4.79 Å². The maximum atomic E-state index is 12.3. The van der Waals surface area contributed by atoms with Crippen LogP contribution < -0.4 is 5.32 Å². The third kappa shape index (κ3) is 3.83. The van der Waals surface area contributed by atoms with Crippen LogP contribution >= 0.6 is 11.6 Å². The van der Waals surface area contributed by atoms with Crippen molar-refractivity contribution in [2.24, 2.45) is 0 Å². The molecular weight excluding hydrogens is 264 g/mol. The third-order valence-electron chi connectivity index (χ3n) is 2.77. The summed E-state index contributed by atoms with van der Waals surface area (Å²) in [5.74, 6) is 0.323. The Morgan fingerprint density at radius 2 is 2.32 bits per heavy atom. The van der Waals surface area contributed by atoms with E-state index in [0.29, 0.717) is 17.4 Å². The molecule has 0 aromatic carbocycles. The monoisotopic (exact) mass is 280 g/mol. The molecule has 0 aliphatic heterocycles. The highest BCUT2D eigenvalue weighted by atomic mass is 35.5. The second-order valence-electron chi connectivity index (χ2n) is 4.18. The molecule has 19 heavy (non-hydrogen) atoms. The van der Waals surface area contributed by atoms with Crippen LogP contribution in [0.3, 0.4) is 0 Å². The van der Waals surface area contributed by atoms with Crippen molar-refractivity contribution in [3.63, 3.8) is 0 Å². The van der Waals surface area contributed by atoms with Crippen molar-refractivity contribution in [3.8, 4) is 6.07 Å². The Morgan fingerprint density at radius 1 is 1.63 bits per heavy atom. The number of nitrogens with one attached hydrogen (secondary N) is 1. The first-order chi connectivity index (χ1) is 9.01. The smallest absolute Gasteiger partial charge is 0.274 e. The number of hydrogen-bond donors (Lipinski definition) is 1. The van der Waals surface area contributed by atoms with Gasteiger partial charge in [-0.15, -0.1) is 0 Å². The number of pyridine rings is 1. The van der Waals surface area contributed by atoms with Crippen LogP contribution in [0.25, 0.3) is 0 Å². The van der Waals surface area contributed by atoms with Crippen LogP contribution in [0.5, 0.6) is 0 Å². The number of nitrogens with zero attached hydrogens (tertiary/aromatic N) is 3. The van der Waals surface area contributed by atoms with Gasteiger partial charge in [-0.25, -0.2) is 4.98 Å². The van der Waals surface area contributed by atoms with Gasteiger partial charge in [-0.05, 0) is 26.0 Å². The fourth-order valence-electron chi connectivity index (χ4n) is 1.51. The van der Waals surface area contributed by atoms with Gasteiger partial charge in [-0.3, -0.25) is 4.79 Å². The van der Waals surface area contributed by atoms with Crippen molar-refractivity contribution in [2.75, 3.05) is 18.9 Å². The number of halogens is 1. The van der Waals surface area contributed by atoms with Crippen molar-refractivity contribution in [2.45, 2.75) is 26.3 Å². The van der Waals surface area contributed by atoms with Gasteiger partial charge in [0.15, 0.2) is 0 Å². The van der Waals surface area contributed by atoms with Gasteiger partial charge in [0.2, 0.25) is 0 Å². The predicted molar refractivity (Wildman–Crippen MR) is 75.2 cm³/mol. The Kier molecular flexibility index (Phi) is 5.58. The molecular formula is C13H17ClN4O. The number of hydrogen-bond acceptors (Lipinski definition) is 4. The highest BCUT2D eigenvalue weighted by Crippen LogP contribution is 2.19. The zero-order chi connectivity index (χ0) is 14.4. The third-order valence-corrected chi connectivity index (χ3v) is 3.08. The number of rotatable bonds is 5. The van der Waals surface area contributed by atoms with Crippen LogP contribution in [0.4, 0.5) is 5.82 Å². The summed E-state index contributed by atoms with van der Waals surface area (Å²) in [6.07, 6.45) is 0.271. The number of anilines is 1. The second kappa shape index (κ2) is 6.95. The molecule has 0 spiro atoms. The Hall–Kier alpha value is -1.80. The standard InChI is InChI=1S/C13H17ClN4O/c1-4-16-11-6-5-10(14)12(17-11)13(19)18(3)9(2)7-8-15/h5-6,9H,4,7H2,1-3H3,(H,16,17). The van der Waals surface area contributed by atoms with E-state index in [4.69, 9.17) is 16.9 Å². The summed E-state index contributed by atoms with van der Waals surface area (Å²) in [6.45, 7) is 4.46. The first-order valence-electron chi connectivity index (χ1n) is 6.05. The molecule has 102 valence electrons. The van der Waals surface area contributed by atoms with Gasteiger partial charge in [-0.1, -0.05) is 11.6 Å². The van der Waals surface area contributed by atoms with Gasteiger partial charge in [0.1, 0.15) is 11.5 Å². The first-order valence-corrected chi connectivity index (χ1v) is 6.43. The van der Waals surface area contributed by atoms with E-state index in [2.05, 4.69) is 10.3 Å². The molecule has 0 fully saturated rings. The molecule has 0 bridgehead atoms. The molecule has 1 aromatic heterocycles. The molecule has 1 unspecified atom stereocenters. The molecule has 1 aromatic rings. The van der Waals surface area contributed by atoms with Gasteiger partial charge in [0, 0.05) is 19.6 Å². The number of nitriles is 1. The van der Waals surface area contributed by atoms with Crippen molar-refractivity contribution in [1.82, 2.24) is 9.88 Å². The van der Waals surface area contributed by atoms with Gasteiger partial charge < -0.3 is 10.2 Å². The Bertz CT molecular complexity index is 498. The zero-order valence-corrected chi connectivity index (χ0v) is 12.0. The molecule has 0 radical (unpaired) electrons. The summed E-state index contributed by atoms with van der Waals surface area (Å²) in [5, 5.41) is 12.0. The van der Waals surface area contributed by atoms with Crippen LogP contribution in [0.2, 0.25) is 5.02 Å². The minimum Gasteiger partial charge on any atom is -0.370 e. The zero-order valence-electron chi connectivity index (χ0n) is 11.3. The fourth-order valence-corrected chi connectivity index (χ4v) is 1.69. The molecule has 0 aliphatic rings. The molecule has 5 nitrogen and oxygen atoms in total. The lowest BCUT2D eigenvalue weighted by Gasteiger charge is -2.23. The molecule has 0 saturated carbocycles. The summed E-state index contributed by atoms with van der Waals surface area (Å²) in [4.78, 5) is 18.0. The quantitative estimate of drug-likeness (QED) is 0.900. The largest absolute Gasteiger partial charge is 0.370 e. The van der Waals surface area contributed by atoms with Crippen LogP contribution in [0.1, 0.15) is 30.8 Å². The Morgan fingerprint density at radius 3 is 2.89 bits per heavy atom. The second-order valence-corrected chi connectivity index (χ2v) is 4.59. The summed E-state index contributed by atoms with van der Waals surface area (Å²) in [6, 6.07) is 5.22. The summed E-state index contributed by atoms with van der Waals surface area (Å²) in [5.41, 5.74) is 0.201. The van der Waals surface area contributed by atoms with E-state index in [0.717, 1.165) is 0 Å². The highest BCUT2D eigenvalue weighted by Gasteiger charge is 2.21. The average Bonchev–Trinajstić information content (AvgIpc) is 2.40. The van der Waals surface area contributed by atoms with Crippen LogP contribution in [0, 0.1) is 11.3 Å². The fraction of sp³-hybridized carbons (Fsp3) is 0.462. The van der Waals surface area contributed by atoms with E-state index in [1.165, 1.54) is 4.90 Å². The van der Waals surface area contributed by atoms with Gasteiger partial charge in [0.25, 0.3) is 5.91 Å². The Labute approximate surface area is 118 Å². The summed E-state index contributed by atoms with van der Waals surface area (Å²) < 4.78 is 0. The topological polar surface area (TPSA) is 69.0 Å². The predicted octanol–water partition coefficient (Wildman–Crippen LogP) is 2.54. The molecule has 0 saturated heterocycles. The maximum absolute atomic E-state index is 12.3. The lowest BCUT2D eigenvalue weighted by molar-refractivity contribution is 0.0740. The minimum absolute atomic E-state index is 0.182. The molecule has 1 atom stereocenters. The van der Waals surface area contributed by atoms with E-state index in [9.17, 15) is 4.79 Å². The molecule has 0 aliphatic carbocycles. The van der Waals surface area contributed by atoms with Gasteiger partial charge >= 0.3 is 0 Å². The molecule has 1 heterocycles. The van der Waals surface area contributed by atoms with E-state index in [1.807, 2.05) is 19.9 Å². The summed E-state index contributed by atoms with van der Waals surface area (Å²) in [7, 11) is 1.64. The van der Waals surface area contributed by atoms with Crippen LogP contribution in [-0.2, 0) is 0 Å². The normalized spacial score (nSPS) is 11.5.